The molecule has 0 bridgehead atoms. The third-order valence-corrected chi connectivity index (χ3v) is 6.09. The molecule has 3 aromatic carbocycles. The van der Waals surface area contributed by atoms with Crippen LogP contribution >= 0.6 is 11.8 Å². The lowest BCUT2D eigenvalue weighted by atomic mass is 10.0. The van der Waals surface area contributed by atoms with Crippen LogP contribution in [-0.2, 0) is 23.6 Å². The Morgan fingerprint density at radius 1 is 1.03 bits per heavy atom. The Morgan fingerprint density at radius 2 is 1.77 bits per heavy atom. The van der Waals surface area contributed by atoms with E-state index in [-0.39, 0.29) is 12.6 Å². The van der Waals surface area contributed by atoms with Crippen LogP contribution in [0.2, 0.25) is 0 Å². The van der Waals surface area contributed by atoms with Crippen molar-refractivity contribution in [3.05, 3.63) is 95.3 Å². The molecule has 4 rings (SSSR count). The van der Waals surface area contributed by atoms with Crippen LogP contribution in [0, 0.1) is 0 Å². The lowest BCUT2D eigenvalue weighted by Crippen LogP contribution is -2.07. The van der Waals surface area contributed by atoms with Crippen molar-refractivity contribution in [1.29, 1.82) is 0 Å². The normalized spacial score (nSPS) is 11.0. The Bertz CT molecular complexity index is 1180. The molecule has 1 heterocycles. The molecule has 1 N–H and O–H groups in total. The second-order valence-corrected chi connectivity index (χ2v) is 7.79. The number of hydrogen-bond acceptors (Lipinski definition) is 5. The maximum absolute atomic E-state index is 12.0. The number of thioether (sulfide) groups is 1. The molecule has 0 aliphatic carbocycles. The number of aromatic nitrogens is 2. The van der Waals surface area contributed by atoms with Crippen molar-refractivity contribution < 1.29 is 14.6 Å². The number of methoxy groups -OCH3 is 1. The fraction of sp³-hybridized carbons (Fsp3) is 0.167. The van der Waals surface area contributed by atoms with E-state index < -0.39 is 0 Å². The molecule has 0 aliphatic heterocycles. The van der Waals surface area contributed by atoms with E-state index in [2.05, 4.69) is 29.2 Å². The van der Waals surface area contributed by atoms with E-state index in [1.54, 1.807) is 12.3 Å². The number of carbonyl (C=O) groups is 1. The number of hydrogen-bond donors (Lipinski definition) is 1. The van der Waals surface area contributed by atoms with Gasteiger partial charge < -0.3 is 14.4 Å². The number of fused-ring (bicyclic) bond motifs is 1. The lowest BCUT2D eigenvalue weighted by molar-refractivity contribution is 0.0600. The van der Waals surface area contributed by atoms with E-state index in [1.165, 1.54) is 29.6 Å². The summed E-state index contributed by atoms with van der Waals surface area (Å²) >= 11 is 1.54. The van der Waals surface area contributed by atoms with E-state index in [0.717, 1.165) is 22.0 Å². The first-order valence-corrected chi connectivity index (χ1v) is 10.6. The van der Waals surface area contributed by atoms with Crippen molar-refractivity contribution in [2.45, 2.75) is 24.1 Å². The first-order valence-electron chi connectivity index (χ1n) is 9.62. The highest BCUT2D eigenvalue weighted by atomic mass is 32.2. The summed E-state index contributed by atoms with van der Waals surface area (Å²) < 4.78 is 6.93. The maximum Gasteiger partial charge on any atom is 0.338 e. The number of benzene rings is 3. The molecule has 0 fully saturated rings. The minimum Gasteiger partial charge on any atom is -0.465 e. The average molecular weight is 419 g/mol. The summed E-state index contributed by atoms with van der Waals surface area (Å²) in [6, 6.07) is 21.9. The zero-order valence-corrected chi connectivity index (χ0v) is 17.4. The van der Waals surface area contributed by atoms with Gasteiger partial charge in [0, 0.05) is 5.75 Å². The van der Waals surface area contributed by atoms with E-state index in [0.29, 0.717) is 17.9 Å². The zero-order valence-electron chi connectivity index (χ0n) is 16.6. The Morgan fingerprint density at radius 3 is 2.60 bits per heavy atom. The van der Waals surface area contributed by atoms with Crippen LogP contribution in [0.15, 0.2) is 78.1 Å². The summed E-state index contributed by atoms with van der Waals surface area (Å²) in [5.74, 6) is 0.226. The van der Waals surface area contributed by atoms with Crippen LogP contribution in [0.1, 0.15) is 27.2 Å². The summed E-state index contributed by atoms with van der Waals surface area (Å²) in [4.78, 5) is 16.6. The van der Waals surface area contributed by atoms with Gasteiger partial charge in [-0.2, -0.15) is 0 Å². The SMILES string of the molecule is COC(=O)c1ccccc1CSc1ncc(CO)n1Cc1cccc2ccccc12. The molecule has 0 amide bonds. The molecule has 5 nitrogen and oxygen atoms in total. The molecule has 0 aliphatic rings. The fourth-order valence-electron chi connectivity index (χ4n) is 3.50. The molecule has 6 heteroatoms. The summed E-state index contributed by atoms with van der Waals surface area (Å²) in [7, 11) is 1.39. The van der Waals surface area contributed by atoms with Gasteiger partial charge in [0.1, 0.15) is 0 Å². The van der Waals surface area contributed by atoms with Crippen LogP contribution in [0.5, 0.6) is 0 Å². The fourth-order valence-corrected chi connectivity index (χ4v) is 4.50. The summed E-state index contributed by atoms with van der Waals surface area (Å²) in [6.45, 7) is 0.523. The Balaban J connectivity index is 1.62. The Hall–Kier alpha value is -3.09. The third kappa shape index (κ3) is 4.10. The monoisotopic (exact) mass is 418 g/mol. The van der Waals surface area contributed by atoms with Crippen LogP contribution in [0.25, 0.3) is 10.8 Å². The number of aliphatic hydroxyl groups is 1. The van der Waals surface area contributed by atoms with Gasteiger partial charge in [0.15, 0.2) is 5.16 Å². The van der Waals surface area contributed by atoms with Crippen molar-refractivity contribution >= 4 is 28.5 Å². The lowest BCUT2D eigenvalue weighted by Gasteiger charge is -2.13. The smallest absolute Gasteiger partial charge is 0.338 e. The van der Waals surface area contributed by atoms with Crippen molar-refractivity contribution in [1.82, 2.24) is 9.55 Å². The average Bonchev–Trinajstić information content (AvgIpc) is 3.19. The maximum atomic E-state index is 12.0. The van der Waals surface area contributed by atoms with Crippen LogP contribution in [0.4, 0.5) is 0 Å². The Kier molecular flexibility index (Phi) is 6.16. The van der Waals surface area contributed by atoms with Gasteiger partial charge in [-0.15, -0.1) is 0 Å². The van der Waals surface area contributed by atoms with Gasteiger partial charge in [-0.1, -0.05) is 72.4 Å². The second-order valence-electron chi connectivity index (χ2n) is 6.85. The molecular weight excluding hydrogens is 396 g/mol. The summed E-state index contributed by atoms with van der Waals surface area (Å²) in [5, 5.41) is 13.0. The number of imidazole rings is 1. The molecule has 30 heavy (non-hydrogen) atoms. The molecular formula is C24H22N2O3S. The predicted octanol–water partition coefficient (Wildman–Crippen LogP) is 4.66. The van der Waals surface area contributed by atoms with Crippen LogP contribution < -0.4 is 0 Å². The molecule has 1 aromatic heterocycles. The molecule has 0 unspecified atom stereocenters. The van der Waals surface area contributed by atoms with E-state index in [9.17, 15) is 9.90 Å². The van der Waals surface area contributed by atoms with Gasteiger partial charge >= 0.3 is 5.97 Å². The molecule has 0 spiro atoms. The van der Waals surface area contributed by atoms with E-state index in [4.69, 9.17) is 4.74 Å². The molecule has 0 saturated heterocycles. The number of ether oxygens (including phenoxy) is 1. The minimum absolute atomic E-state index is 0.0862. The molecule has 0 atom stereocenters. The largest absolute Gasteiger partial charge is 0.465 e. The third-order valence-electron chi connectivity index (χ3n) is 5.05. The topological polar surface area (TPSA) is 64.3 Å². The highest BCUT2D eigenvalue weighted by Crippen LogP contribution is 2.27. The molecule has 4 aromatic rings. The summed E-state index contributed by atoms with van der Waals surface area (Å²) in [6.07, 6.45) is 1.71. The highest BCUT2D eigenvalue weighted by molar-refractivity contribution is 7.98. The first kappa shape index (κ1) is 20.2. The van der Waals surface area contributed by atoms with Crippen LogP contribution in [0.3, 0.4) is 0 Å². The zero-order chi connectivity index (χ0) is 20.9. The van der Waals surface area contributed by atoms with Gasteiger partial charge in [0.2, 0.25) is 0 Å². The number of rotatable bonds is 7. The van der Waals surface area contributed by atoms with Crippen molar-refractivity contribution in [3.8, 4) is 0 Å². The van der Waals surface area contributed by atoms with Gasteiger partial charge in [0.05, 0.1) is 37.7 Å². The van der Waals surface area contributed by atoms with Crippen molar-refractivity contribution in [3.63, 3.8) is 0 Å². The number of carbonyl (C=O) groups excluding carboxylic acids is 1. The quantitative estimate of drug-likeness (QED) is 0.349. The Labute approximate surface area is 179 Å². The van der Waals surface area contributed by atoms with Gasteiger partial charge in [0.25, 0.3) is 0 Å². The first-order chi connectivity index (χ1) is 14.7. The van der Waals surface area contributed by atoms with Crippen molar-refractivity contribution in [2.24, 2.45) is 0 Å². The van der Waals surface area contributed by atoms with Gasteiger partial charge in [-0.05, 0) is 28.0 Å². The molecule has 0 saturated carbocycles. The van der Waals surface area contributed by atoms with E-state index in [1.807, 2.05) is 41.0 Å². The number of esters is 1. The van der Waals surface area contributed by atoms with Gasteiger partial charge in [-0.3, -0.25) is 0 Å². The van der Waals surface area contributed by atoms with Crippen LogP contribution in [-0.4, -0.2) is 27.7 Å². The summed E-state index contributed by atoms with van der Waals surface area (Å²) in [5.41, 5.74) is 3.37. The van der Waals surface area contributed by atoms with Crippen molar-refractivity contribution in [2.75, 3.05) is 7.11 Å². The molecule has 0 radical (unpaired) electrons. The second kappa shape index (κ2) is 9.15. The predicted molar refractivity (Wildman–Crippen MR) is 119 cm³/mol. The van der Waals surface area contributed by atoms with E-state index >= 15 is 0 Å². The minimum atomic E-state index is -0.346. The number of aliphatic hydroxyl groups excluding tert-OH is 1. The number of nitrogens with zero attached hydrogens (tertiary/aromatic N) is 2. The standard InChI is InChI=1S/C24H22N2O3S/c1-29-23(28)22-12-5-3-8-19(22)16-30-24-25-13-20(15-27)26(24)14-18-10-6-9-17-7-2-4-11-21(17)18/h2-13,27H,14-16H2,1H3. The van der Waals surface area contributed by atoms with Gasteiger partial charge in [-0.25, -0.2) is 9.78 Å². The molecule has 152 valence electrons. The highest BCUT2D eigenvalue weighted by Gasteiger charge is 2.15.